The highest BCUT2D eigenvalue weighted by molar-refractivity contribution is 7.52. The summed E-state index contributed by atoms with van der Waals surface area (Å²) in [6.45, 7) is 3.72. The highest BCUT2D eigenvalue weighted by Gasteiger charge is 2.23. The third-order valence-electron chi connectivity index (χ3n) is 6.82. The summed E-state index contributed by atoms with van der Waals surface area (Å²) in [6, 6.07) is 0. The van der Waals surface area contributed by atoms with Crippen LogP contribution in [0.4, 0.5) is 5.82 Å². The van der Waals surface area contributed by atoms with Crippen molar-refractivity contribution in [3.05, 3.63) is 12.7 Å². The fourth-order valence-corrected chi connectivity index (χ4v) is 5.40. The number of nitrogen functional groups attached to an aromatic ring is 1. The van der Waals surface area contributed by atoms with Gasteiger partial charge in [-0.05, 0) is 6.42 Å². The lowest BCUT2D eigenvalue weighted by atomic mass is 10.0. The lowest BCUT2D eigenvalue weighted by Gasteiger charge is -2.20. The molecule has 0 aliphatic rings. The number of nitrogens with zero attached hydrogens (tertiary/aromatic N) is 4. The minimum Gasteiger partial charge on any atom is -0.382 e. The standard InChI is InChI=1S/C28H52N5O6P/c1-3-4-5-6-7-8-9-10-11-12-13-14-15-16-17-37-18-19-39-40(34,35)24-38-25(21-36-2)20-33-23-32-26-27(29)30-22-31-28(26)33/h22-23,25H,3-21,24H2,1-2H3,(H,34,35)(H2,29,30,31)/t25-/m0/s1. The Kier molecular flexibility index (Phi) is 18.3. The summed E-state index contributed by atoms with van der Waals surface area (Å²) in [5, 5.41) is 0. The fourth-order valence-electron chi connectivity index (χ4n) is 4.57. The molecule has 2 rings (SSSR count). The van der Waals surface area contributed by atoms with Crippen LogP contribution in [0.25, 0.3) is 11.2 Å². The minimum absolute atomic E-state index is 0.0348. The molecule has 11 nitrogen and oxygen atoms in total. The molecule has 2 aromatic rings. The first-order chi connectivity index (χ1) is 19.5. The molecule has 2 aromatic heterocycles. The second-order valence-electron chi connectivity index (χ2n) is 10.4. The lowest BCUT2D eigenvalue weighted by Crippen LogP contribution is -2.26. The predicted octanol–water partition coefficient (Wildman–Crippen LogP) is 6.10. The van der Waals surface area contributed by atoms with Gasteiger partial charge in [-0.15, -0.1) is 0 Å². The summed E-state index contributed by atoms with van der Waals surface area (Å²) in [5.74, 6) is 0.285. The van der Waals surface area contributed by atoms with Gasteiger partial charge in [-0.25, -0.2) is 15.0 Å². The van der Waals surface area contributed by atoms with Crippen LogP contribution in [0, 0.1) is 0 Å². The molecule has 0 aliphatic carbocycles. The highest BCUT2D eigenvalue weighted by atomic mass is 31.2. The van der Waals surface area contributed by atoms with Crippen LogP contribution >= 0.6 is 7.60 Å². The number of imidazole rings is 1. The van der Waals surface area contributed by atoms with E-state index in [1.807, 2.05) is 0 Å². The maximum absolute atomic E-state index is 12.4. The number of anilines is 1. The van der Waals surface area contributed by atoms with E-state index < -0.39 is 20.0 Å². The van der Waals surface area contributed by atoms with Crippen LogP contribution in [0.5, 0.6) is 0 Å². The molecule has 0 fully saturated rings. The molecule has 3 N–H and O–H groups in total. The fraction of sp³-hybridized carbons (Fsp3) is 0.821. The molecule has 0 spiro atoms. The van der Waals surface area contributed by atoms with Crippen molar-refractivity contribution in [3.8, 4) is 0 Å². The zero-order valence-corrected chi connectivity index (χ0v) is 25.6. The molecule has 0 aliphatic heterocycles. The van der Waals surface area contributed by atoms with E-state index >= 15 is 0 Å². The number of ether oxygens (including phenoxy) is 3. The molecule has 2 heterocycles. The summed E-state index contributed by atoms with van der Waals surface area (Å²) in [6.07, 6.45) is 20.4. The van der Waals surface area contributed by atoms with Gasteiger partial charge in [0.05, 0.1) is 38.8 Å². The molecule has 1 unspecified atom stereocenters. The van der Waals surface area contributed by atoms with Gasteiger partial charge < -0.3 is 33.9 Å². The highest BCUT2D eigenvalue weighted by Crippen LogP contribution is 2.41. The molecule has 230 valence electrons. The topological polar surface area (TPSA) is 144 Å². The van der Waals surface area contributed by atoms with Gasteiger partial charge in [0.2, 0.25) is 0 Å². The first-order valence-corrected chi connectivity index (χ1v) is 16.8. The molecule has 0 saturated heterocycles. The minimum atomic E-state index is -3.94. The number of nitrogens with two attached hydrogens (primary N) is 1. The number of rotatable bonds is 26. The molecular formula is C28H52N5O6P. The van der Waals surface area contributed by atoms with E-state index in [0.29, 0.717) is 24.3 Å². The van der Waals surface area contributed by atoms with Gasteiger partial charge in [-0.3, -0.25) is 4.57 Å². The number of unbranched alkanes of at least 4 members (excludes halogenated alkanes) is 13. The van der Waals surface area contributed by atoms with Gasteiger partial charge in [0, 0.05) is 13.7 Å². The molecule has 0 amide bonds. The molecule has 0 radical (unpaired) electrons. The quantitative estimate of drug-likeness (QED) is 0.0982. The van der Waals surface area contributed by atoms with Gasteiger partial charge >= 0.3 is 7.60 Å². The van der Waals surface area contributed by atoms with Crippen molar-refractivity contribution in [1.82, 2.24) is 19.5 Å². The Labute approximate surface area is 240 Å². The monoisotopic (exact) mass is 585 g/mol. The second kappa shape index (κ2) is 21.1. The summed E-state index contributed by atoms with van der Waals surface area (Å²) >= 11 is 0. The van der Waals surface area contributed by atoms with Gasteiger partial charge in [0.25, 0.3) is 0 Å². The lowest BCUT2D eigenvalue weighted by molar-refractivity contribution is 0.00122. The molecule has 0 aromatic carbocycles. The van der Waals surface area contributed by atoms with Crippen LogP contribution in [0.3, 0.4) is 0 Å². The van der Waals surface area contributed by atoms with E-state index in [9.17, 15) is 9.46 Å². The van der Waals surface area contributed by atoms with Crippen LogP contribution in [0.1, 0.15) is 96.8 Å². The van der Waals surface area contributed by atoms with Gasteiger partial charge in [-0.2, -0.15) is 0 Å². The van der Waals surface area contributed by atoms with Crippen molar-refractivity contribution in [2.75, 3.05) is 45.6 Å². The van der Waals surface area contributed by atoms with Crippen molar-refractivity contribution >= 4 is 24.6 Å². The third kappa shape index (κ3) is 14.8. The number of hydrogen-bond acceptors (Lipinski definition) is 9. The van der Waals surface area contributed by atoms with Crippen LogP contribution in [-0.2, 0) is 29.8 Å². The number of aromatic nitrogens is 4. The molecular weight excluding hydrogens is 533 g/mol. The maximum Gasteiger partial charge on any atom is 0.353 e. The van der Waals surface area contributed by atoms with Crippen molar-refractivity contribution in [3.63, 3.8) is 0 Å². The van der Waals surface area contributed by atoms with E-state index in [2.05, 4.69) is 21.9 Å². The summed E-state index contributed by atoms with van der Waals surface area (Å²) in [4.78, 5) is 22.5. The first-order valence-electron chi connectivity index (χ1n) is 15.0. The normalized spacial score (nSPS) is 14.1. The molecule has 12 heteroatoms. The Morgan fingerprint density at radius 3 is 2.15 bits per heavy atom. The van der Waals surface area contributed by atoms with Crippen LogP contribution < -0.4 is 5.73 Å². The van der Waals surface area contributed by atoms with E-state index in [1.165, 1.54) is 90.5 Å². The van der Waals surface area contributed by atoms with Crippen molar-refractivity contribution in [1.29, 1.82) is 0 Å². The van der Waals surface area contributed by atoms with Gasteiger partial charge in [0.15, 0.2) is 11.5 Å². The number of fused-ring (bicyclic) bond motifs is 1. The van der Waals surface area contributed by atoms with E-state index in [4.69, 9.17) is 24.5 Å². The Bertz CT molecular complexity index is 962. The Morgan fingerprint density at radius 1 is 0.900 bits per heavy atom. The summed E-state index contributed by atoms with van der Waals surface area (Å²) in [5.41, 5.74) is 6.88. The van der Waals surface area contributed by atoms with Crippen molar-refractivity contribution in [2.24, 2.45) is 0 Å². The number of methoxy groups -OCH3 is 1. The average molecular weight is 586 g/mol. The largest absolute Gasteiger partial charge is 0.382 e. The van der Waals surface area contributed by atoms with E-state index in [1.54, 1.807) is 10.9 Å². The SMILES string of the molecule is CCCCCCCCCCCCCCCCOCCOP(=O)(O)CO[C@H](COC)Cn1cnc2c(N)ncnc21. The smallest absolute Gasteiger partial charge is 0.353 e. The molecule has 40 heavy (non-hydrogen) atoms. The summed E-state index contributed by atoms with van der Waals surface area (Å²) in [7, 11) is -2.40. The molecule has 2 atom stereocenters. The van der Waals surface area contributed by atoms with E-state index in [0.717, 1.165) is 12.8 Å². The van der Waals surface area contributed by atoms with Crippen LogP contribution in [0.15, 0.2) is 12.7 Å². The van der Waals surface area contributed by atoms with Crippen LogP contribution in [-0.4, -0.2) is 70.4 Å². The number of hydrogen-bond donors (Lipinski definition) is 2. The summed E-state index contributed by atoms with van der Waals surface area (Å²) < 4.78 is 35.8. The van der Waals surface area contributed by atoms with Gasteiger partial charge in [0.1, 0.15) is 18.2 Å². The zero-order chi connectivity index (χ0) is 28.9. The average Bonchev–Trinajstić information content (AvgIpc) is 3.35. The Morgan fingerprint density at radius 2 is 1.52 bits per heavy atom. The Hall–Kier alpha value is -1.62. The molecule has 0 bridgehead atoms. The third-order valence-corrected chi connectivity index (χ3v) is 7.88. The Balaban J connectivity index is 1.47. The molecule has 0 saturated carbocycles. The second-order valence-corrected chi connectivity index (χ2v) is 12.2. The van der Waals surface area contributed by atoms with Crippen molar-refractivity contribution < 1.29 is 28.2 Å². The van der Waals surface area contributed by atoms with Gasteiger partial charge in [-0.1, -0.05) is 90.4 Å². The van der Waals surface area contributed by atoms with Crippen molar-refractivity contribution in [2.45, 2.75) is 109 Å². The predicted molar refractivity (Wildman–Crippen MR) is 158 cm³/mol. The van der Waals surface area contributed by atoms with Crippen LogP contribution in [0.2, 0.25) is 0 Å². The van der Waals surface area contributed by atoms with E-state index in [-0.39, 0.29) is 25.6 Å². The zero-order valence-electron chi connectivity index (χ0n) is 24.7. The maximum atomic E-state index is 12.4. The first kappa shape index (κ1) is 34.6.